The molecule has 6 heteroatoms. The minimum absolute atomic E-state index is 0.0685. The number of aryl methyl sites for hydroxylation is 1. The first-order valence-electron chi connectivity index (χ1n) is 12.0. The van der Waals surface area contributed by atoms with Crippen LogP contribution in [0.25, 0.3) is 10.9 Å². The van der Waals surface area contributed by atoms with Crippen molar-refractivity contribution >= 4 is 20.7 Å². The second-order valence-corrected chi connectivity index (χ2v) is 11.8. The lowest BCUT2D eigenvalue weighted by Crippen LogP contribution is -2.55. The van der Waals surface area contributed by atoms with Crippen LogP contribution in [-0.2, 0) is 9.84 Å². The topological polar surface area (TPSA) is 59.5 Å². The van der Waals surface area contributed by atoms with Crippen molar-refractivity contribution in [3.8, 4) is 5.75 Å². The second-order valence-electron chi connectivity index (χ2n) is 9.73. The van der Waals surface area contributed by atoms with Crippen LogP contribution in [0.5, 0.6) is 5.75 Å². The Hall–Kier alpha value is -2.70. The van der Waals surface area contributed by atoms with E-state index in [9.17, 15) is 8.42 Å². The van der Waals surface area contributed by atoms with Gasteiger partial charge in [0, 0.05) is 30.1 Å². The van der Waals surface area contributed by atoms with Gasteiger partial charge in [-0.3, -0.25) is 9.88 Å². The maximum absolute atomic E-state index is 13.7. The van der Waals surface area contributed by atoms with Crippen molar-refractivity contribution in [1.29, 1.82) is 0 Å². The zero-order valence-corrected chi connectivity index (χ0v) is 20.7. The zero-order chi connectivity index (χ0) is 23.9. The number of rotatable bonds is 7. The number of fused-ring (bicyclic) bond motifs is 4. The highest BCUT2D eigenvalue weighted by molar-refractivity contribution is 7.91. The van der Waals surface area contributed by atoms with E-state index < -0.39 is 9.84 Å². The molecule has 178 valence electrons. The van der Waals surface area contributed by atoms with Crippen molar-refractivity contribution < 1.29 is 13.2 Å². The van der Waals surface area contributed by atoms with Crippen LogP contribution in [0, 0.1) is 18.8 Å². The van der Waals surface area contributed by atoms with Crippen LogP contribution < -0.4 is 4.74 Å². The molecule has 0 saturated carbocycles. The highest BCUT2D eigenvalue weighted by Gasteiger charge is 2.44. The fourth-order valence-corrected chi connectivity index (χ4v) is 7.50. The molecule has 0 amide bonds. The maximum Gasteiger partial charge on any atom is 0.179 e. The van der Waals surface area contributed by atoms with E-state index in [1.165, 1.54) is 0 Å². The summed E-state index contributed by atoms with van der Waals surface area (Å²) in [4.78, 5) is 7.43. The largest absolute Gasteiger partial charge is 0.497 e. The van der Waals surface area contributed by atoms with Gasteiger partial charge < -0.3 is 4.74 Å². The Kier molecular flexibility index (Phi) is 6.21. The van der Waals surface area contributed by atoms with Crippen LogP contribution in [0.3, 0.4) is 0 Å². The van der Waals surface area contributed by atoms with Gasteiger partial charge in [-0.15, -0.1) is 6.58 Å². The van der Waals surface area contributed by atoms with Crippen molar-refractivity contribution in [2.75, 3.05) is 26.0 Å². The molecule has 5 nitrogen and oxygen atoms in total. The number of ether oxygens (including phenoxy) is 1. The van der Waals surface area contributed by atoms with Gasteiger partial charge in [-0.2, -0.15) is 0 Å². The average molecular weight is 477 g/mol. The summed E-state index contributed by atoms with van der Waals surface area (Å²) in [6.45, 7) is 7.98. The van der Waals surface area contributed by atoms with Gasteiger partial charge in [-0.25, -0.2) is 8.42 Å². The van der Waals surface area contributed by atoms with E-state index in [1.807, 2.05) is 43.3 Å². The van der Waals surface area contributed by atoms with Crippen molar-refractivity contribution in [2.24, 2.45) is 11.8 Å². The molecule has 2 bridgehead atoms. The van der Waals surface area contributed by atoms with Gasteiger partial charge in [0.1, 0.15) is 5.75 Å². The Morgan fingerprint density at radius 3 is 2.68 bits per heavy atom. The van der Waals surface area contributed by atoms with Crippen molar-refractivity contribution in [3.05, 3.63) is 78.5 Å². The second kappa shape index (κ2) is 9.16. The summed E-state index contributed by atoms with van der Waals surface area (Å²) < 4.78 is 32.9. The molecular formula is C28H32N2O3S. The van der Waals surface area contributed by atoms with Crippen LogP contribution in [0.1, 0.15) is 29.9 Å². The zero-order valence-electron chi connectivity index (χ0n) is 19.9. The van der Waals surface area contributed by atoms with Gasteiger partial charge >= 0.3 is 0 Å². The van der Waals surface area contributed by atoms with Crippen LogP contribution in [0.15, 0.2) is 72.3 Å². The number of methoxy groups -OCH3 is 1. The van der Waals surface area contributed by atoms with E-state index in [0.717, 1.165) is 53.7 Å². The van der Waals surface area contributed by atoms with Gasteiger partial charge in [0.2, 0.25) is 0 Å². The number of hydrogen-bond acceptors (Lipinski definition) is 5. The smallest absolute Gasteiger partial charge is 0.179 e. The summed E-state index contributed by atoms with van der Waals surface area (Å²) >= 11 is 0. The molecule has 5 atom stereocenters. The molecular weight excluding hydrogens is 444 g/mol. The lowest BCUT2D eigenvalue weighted by molar-refractivity contribution is 0.00969. The highest BCUT2D eigenvalue weighted by atomic mass is 32.2. The third-order valence-corrected chi connectivity index (χ3v) is 9.57. The number of nitrogens with zero attached hydrogens (tertiary/aromatic N) is 2. The van der Waals surface area contributed by atoms with E-state index in [4.69, 9.17) is 4.74 Å². The summed E-state index contributed by atoms with van der Waals surface area (Å²) in [5.74, 6) is 1.68. The summed E-state index contributed by atoms with van der Waals surface area (Å²) in [6.07, 6.45) is 6.02. The van der Waals surface area contributed by atoms with E-state index in [-0.39, 0.29) is 17.7 Å². The minimum Gasteiger partial charge on any atom is -0.497 e. The van der Waals surface area contributed by atoms with Gasteiger partial charge in [0.05, 0.1) is 23.3 Å². The van der Waals surface area contributed by atoms with Crippen LogP contribution in [-0.4, -0.2) is 50.3 Å². The van der Waals surface area contributed by atoms with E-state index >= 15 is 0 Å². The molecule has 3 aliphatic rings. The third-order valence-electron chi connectivity index (χ3n) is 7.78. The maximum atomic E-state index is 13.7. The van der Waals surface area contributed by atoms with Gasteiger partial charge in [0.25, 0.3) is 0 Å². The molecule has 0 radical (unpaired) electrons. The summed E-state index contributed by atoms with van der Waals surface area (Å²) in [7, 11) is -1.84. The Morgan fingerprint density at radius 2 is 2.00 bits per heavy atom. The molecule has 3 saturated heterocycles. The molecule has 0 N–H and O–H groups in total. The normalized spacial score (nSPS) is 25.2. The molecule has 3 aliphatic heterocycles. The predicted octanol–water partition coefficient (Wildman–Crippen LogP) is 5.01. The minimum atomic E-state index is -3.49. The Bertz CT molecular complexity index is 1300. The summed E-state index contributed by atoms with van der Waals surface area (Å²) in [5.41, 5.74) is 2.94. The number of piperidine rings is 3. The molecule has 34 heavy (non-hydrogen) atoms. The molecule has 2 aromatic carbocycles. The quantitative estimate of drug-likeness (QED) is 0.449. The van der Waals surface area contributed by atoms with Crippen molar-refractivity contribution in [3.63, 3.8) is 0 Å². The number of sulfone groups is 1. The van der Waals surface area contributed by atoms with Crippen LogP contribution in [0.4, 0.5) is 0 Å². The number of aromatic nitrogens is 1. The van der Waals surface area contributed by atoms with Crippen LogP contribution in [0.2, 0.25) is 0 Å². The summed E-state index contributed by atoms with van der Waals surface area (Å²) in [6, 6.07) is 15.2. The first kappa shape index (κ1) is 23.1. The van der Waals surface area contributed by atoms with E-state index in [0.29, 0.717) is 16.7 Å². The monoisotopic (exact) mass is 476 g/mol. The average Bonchev–Trinajstić information content (AvgIpc) is 2.87. The van der Waals surface area contributed by atoms with E-state index in [2.05, 4.69) is 22.5 Å². The fourth-order valence-electron chi connectivity index (χ4n) is 5.88. The number of hydrogen-bond donors (Lipinski definition) is 0. The standard InChI is InChI=1S/C28H32N2O3S/c1-4-20-17-30-14-12-21(20)15-28(30)26(18-34(31,32)23-8-5-19(2)6-9-23)24-11-13-29-27-10-7-22(33-3)16-25(24)27/h4-11,13,16,20-21,26,28H,1,12,14-15,17-18H2,2-3H3/t20?,21?,26-,28-/m0/s1. The molecule has 3 fully saturated rings. The Labute approximate surface area is 202 Å². The molecule has 0 aliphatic carbocycles. The highest BCUT2D eigenvalue weighted by Crippen LogP contribution is 2.44. The SMILES string of the molecule is C=CC1CN2CCC1C[C@H]2[C@@H](CS(=O)(=O)c1ccc(C)cc1)c1ccnc2ccc(OC)cc12. The number of benzene rings is 2. The number of pyridine rings is 1. The van der Waals surface area contributed by atoms with Gasteiger partial charge in [-0.1, -0.05) is 23.8 Å². The van der Waals surface area contributed by atoms with Crippen molar-refractivity contribution in [2.45, 2.75) is 36.6 Å². The molecule has 4 heterocycles. The van der Waals surface area contributed by atoms with Crippen molar-refractivity contribution in [1.82, 2.24) is 9.88 Å². The van der Waals surface area contributed by atoms with Gasteiger partial charge in [0.15, 0.2) is 9.84 Å². The molecule has 6 rings (SSSR count). The van der Waals surface area contributed by atoms with Crippen LogP contribution >= 0.6 is 0 Å². The predicted molar refractivity (Wildman–Crippen MR) is 136 cm³/mol. The molecule has 1 aromatic heterocycles. The Morgan fingerprint density at radius 1 is 1.21 bits per heavy atom. The lowest BCUT2D eigenvalue weighted by Gasteiger charge is -2.51. The first-order valence-corrected chi connectivity index (χ1v) is 13.6. The lowest BCUT2D eigenvalue weighted by atomic mass is 9.71. The molecule has 3 unspecified atom stereocenters. The molecule has 0 spiro atoms. The first-order chi connectivity index (χ1) is 16.4. The Balaban J connectivity index is 1.61. The molecule has 3 aromatic rings. The van der Waals surface area contributed by atoms with E-state index in [1.54, 1.807) is 25.4 Å². The summed E-state index contributed by atoms with van der Waals surface area (Å²) in [5, 5.41) is 0.967. The third kappa shape index (κ3) is 4.25. The van der Waals surface area contributed by atoms with Gasteiger partial charge in [-0.05, 0) is 80.1 Å². The fraction of sp³-hybridized carbons (Fsp3) is 0.393.